The van der Waals surface area contributed by atoms with E-state index in [9.17, 15) is 12.8 Å². The van der Waals surface area contributed by atoms with Crippen LogP contribution in [0.2, 0.25) is 0 Å². The molecule has 1 aliphatic rings. The lowest BCUT2D eigenvalue weighted by Gasteiger charge is -2.29. The highest BCUT2D eigenvalue weighted by atomic mass is 32.2. The molecule has 1 aliphatic carbocycles. The molecule has 1 aromatic carbocycles. The largest absolute Gasteiger partial charge is 0.380 e. The summed E-state index contributed by atoms with van der Waals surface area (Å²) in [5, 5.41) is 2.82. The van der Waals surface area contributed by atoms with Crippen LogP contribution in [0.3, 0.4) is 0 Å². The van der Waals surface area contributed by atoms with Gasteiger partial charge in [0.15, 0.2) is 0 Å². The molecule has 1 saturated carbocycles. The summed E-state index contributed by atoms with van der Waals surface area (Å²) in [5.41, 5.74) is 0.455. The first-order valence-corrected chi connectivity index (χ1v) is 8.12. The smallest absolute Gasteiger partial charge is 0.150 e. The van der Waals surface area contributed by atoms with Crippen LogP contribution < -0.4 is 5.32 Å². The number of nitrogens with one attached hydrogen (secondary N) is 1. The van der Waals surface area contributed by atoms with Crippen molar-refractivity contribution in [3.8, 4) is 0 Å². The number of anilines is 1. The van der Waals surface area contributed by atoms with E-state index in [0.29, 0.717) is 18.5 Å². The molecule has 0 heterocycles. The normalized spacial score (nSPS) is 24.8. The van der Waals surface area contributed by atoms with Crippen LogP contribution in [0.4, 0.5) is 10.1 Å². The summed E-state index contributed by atoms with van der Waals surface area (Å²) in [5.74, 6) is -0.293. The van der Waals surface area contributed by atoms with E-state index < -0.39 is 9.84 Å². The molecule has 2 rings (SSSR count). The van der Waals surface area contributed by atoms with E-state index in [1.54, 1.807) is 18.2 Å². The molecular weight excluding hydrogens is 253 g/mol. The van der Waals surface area contributed by atoms with Gasteiger partial charge in [-0.3, -0.25) is 0 Å². The zero-order valence-electron chi connectivity index (χ0n) is 10.4. The molecule has 3 nitrogen and oxygen atoms in total. The lowest BCUT2D eigenvalue weighted by Crippen LogP contribution is -2.34. The van der Waals surface area contributed by atoms with Crippen LogP contribution in [0.15, 0.2) is 24.3 Å². The fraction of sp³-hybridized carbons (Fsp3) is 0.538. The van der Waals surface area contributed by atoms with Crippen molar-refractivity contribution in [2.24, 2.45) is 0 Å². The number of hydrogen-bond acceptors (Lipinski definition) is 3. The molecule has 0 radical (unpaired) electrons. The van der Waals surface area contributed by atoms with E-state index in [1.165, 1.54) is 12.3 Å². The third-order valence-electron chi connectivity index (χ3n) is 3.47. The summed E-state index contributed by atoms with van der Waals surface area (Å²) in [7, 11) is -2.99. The van der Waals surface area contributed by atoms with Crippen molar-refractivity contribution >= 4 is 15.5 Å². The molecule has 1 aromatic rings. The third-order valence-corrected chi connectivity index (χ3v) is 5.10. The molecule has 2 atom stereocenters. The summed E-state index contributed by atoms with van der Waals surface area (Å²) >= 11 is 0. The molecule has 18 heavy (non-hydrogen) atoms. The first-order chi connectivity index (χ1) is 8.47. The highest BCUT2D eigenvalue weighted by Crippen LogP contribution is 2.27. The summed E-state index contributed by atoms with van der Waals surface area (Å²) in [6.45, 7) is 0. The monoisotopic (exact) mass is 271 g/mol. The maximum absolute atomic E-state index is 13.5. The number of hydrogen-bond donors (Lipinski definition) is 1. The van der Waals surface area contributed by atoms with Crippen LogP contribution >= 0.6 is 0 Å². The summed E-state index contributed by atoms with van der Waals surface area (Å²) in [6.07, 6.45) is 4.31. The van der Waals surface area contributed by atoms with Crippen LogP contribution in [0.1, 0.15) is 25.7 Å². The highest BCUT2D eigenvalue weighted by Gasteiger charge is 2.28. The minimum Gasteiger partial charge on any atom is -0.380 e. The third kappa shape index (κ3) is 3.22. The standard InChI is InChI=1S/C13H18FNO2S/c1-18(16,17)11-6-4-5-10(9-11)15-13-8-3-2-7-12(13)14/h2-3,7-8,10-11,15H,4-6,9H2,1H3. The predicted molar refractivity (Wildman–Crippen MR) is 70.9 cm³/mol. The van der Waals surface area contributed by atoms with E-state index in [1.807, 2.05) is 0 Å². The van der Waals surface area contributed by atoms with Crippen molar-refractivity contribution < 1.29 is 12.8 Å². The van der Waals surface area contributed by atoms with Gasteiger partial charge in [0.05, 0.1) is 10.9 Å². The second kappa shape index (κ2) is 5.26. The van der Waals surface area contributed by atoms with Crippen LogP contribution in [-0.4, -0.2) is 26.0 Å². The van der Waals surface area contributed by atoms with Crippen molar-refractivity contribution in [1.82, 2.24) is 0 Å². The van der Waals surface area contributed by atoms with Crippen molar-refractivity contribution in [1.29, 1.82) is 0 Å². The van der Waals surface area contributed by atoms with Crippen LogP contribution in [0.25, 0.3) is 0 Å². The lowest BCUT2D eigenvalue weighted by atomic mass is 9.94. The van der Waals surface area contributed by atoms with Crippen molar-refractivity contribution in [3.05, 3.63) is 30.1 Å². The van der Waals surface area contributed by atoms with Gasteiger partial charge in [-0.2, -0.15) is 0 Å². The summed E-state index contributed by atoms with van der Waals surface area (Å²) in [4.78, 5) is 0. The fourth-order valence-corrected chi connectivity index (χ4v) is 3.64. The first-order valence-electron chi connectivity index (χ1n) is 6.17. The molecule has 1 fully saturated rings. The number of para-hydroxylation sites is 1. The molecule has 5 heteroatoms. The van der Waals surface area contributed by atoms with Gasteiger partial charge in [0.1, 0.15) is 15.7 Å². The average molecular weight is 271 g/mol. The molecule has 0 bridgehead atoms. The van der Waals surface area contributed by atoms with Gasteiger partial charge in [-0.1, -0.05) is 18.6 Å². The minimum absolute atomic E-state index is 0.0374. The van der Waals surface area contributed by atoms with Crippen LogP contribution in [0, 0.1) is 5.82 Å². The van der Waals surface area contributed by atoms with E-state index in [-0.39, 0.29) is 17.1 Å². The SMILES string of the molecule is CS(=O)(=O)C1CCCC(Nc2ccccc2F)C1. The number of halogens is 1. The van der Waals surface area contributed by atoms with E-state index in [2.05, 4.69) is 5.32 Å². The van der Waals surface area contributed by atoms with E-state index in [0.717, 1.165) is 12.8 Å². The Hall–Kier alpha value is -1.10. The molecule has 1 N–H and O–H groups in total. The topological polar surface area (TPSA) is 46.2 Å². The number of sulfone groups is 1. The van der Waals surface area contributed by atoms with Crippen molar-refractivity contribution in [2.75, 3.05) is 11.6 Å². The van der Waals surface area contributed by atoms with E-state index >= 15 is 0 Å². The maximum atomic E-state index is 13.5. The Balaban J connectivity index is 2.05. The molecule has 2 unspecified atom stereocenters. The number of rotatable bonds is 3. The highest BCUT2D eigenvalue weighted by molar-refractivity contribution is 7.91. The van der Waals surface area contributed by atoms with Crippen LogP contribution in [0.5, 0.6) is 0 Å². The Morgan fingerprint density at radius 1 is 1.28 bits per heavy atom. The molecule has 0 saturated heterocycles. The Bertz CT molecular complexity index is 515. The van der Waals surface area contributed by atoms with Gasteiger partial charge in [0, 0.05) is 12.3 Å². The maximum Gasteiger partial charge on any atom is 0.150 e. The average Bonchev–Trinajstić information content (AvgIpc) is 2.31. The van der Waals surface area contributed by atoms with Crippen LogP contribution in [-0.2, 0) is 9.84 Å². The first kappa shape index (κ1) is 13.3. The quantitative estimate of drug-likeness (QED) is 0.919. The van der Waals surface area contributed by atoms with Crippen molar-refractivity contribution in [3.63, 3.8) is 0 Å². The molecule has 0 aromatic heterocycles. The molecule has 100 valence electrons. The van der Waals surface area contributed by atoms with Gasteiger partial charge in [-0.05, 0) is 31.4 Å². The van der Waals surface area contributed by atoms with Crippen molar-refractivity contribution in [2.45, 2.75) is 37.0 Å². The zero-order valence-corrected chi connectivity index (χ0v) is 11.2. The molecule has 0 spiro atoms. The Morgan fingerprint density at radius 3 is 2.67 bits per heavy atom. The zero-order chi connectivity index (χ0) is 13.2. The Labute approximate surface area is 107 Å². The molecular formula is C13H18FNO2S. The minimum atomic E-state index is -2.99. The van der Waals surface area contributed by atoms with Gasteiger partial charge >= 0.3 is 0 Å². The molecule has 0 aliphatic heterocycles. The van der Waals surface area contributed by atoms with Gasteiger partial charge in [-0.25, -0.2) is 12.8 Å². The molecule has 0 amide bonds. The van der Waals surface area contributed by atoms with Gasteiger partial charge < -0.3 is 5.32 Å². The summed E-state index contributed by atoms with van der Waals surface area (Å²) in [6, 6.07) is 6.53. The number of benzene rings is 1. The second-order valence-electron chi connectivity index (χ2n) is 4.94. The van der Waals surface area contributed by atoms with Gasteiger partial charge in [-0.15, -0.1) is 0 Å². The van der Waals surface area contributed by atoms with E-state index in [4.69, 9.17) is 0 Å². The predicted octanol–water partition coefficient (Wildman–Crippen LogP) is 2.59. The Morgan fingerprint density at radius 2 is 2.00 bits per heavy atom. The Kier molecular flexibility index (Phi) is 3.90. The fourth-order valence-electron chi connectivity index (χ4n) is 2.46. The van der Waals surface area contributed by atoms with Gasteiger partial charge in [0.2, 0.25) is 0 Å². The van der Waals surface area contributed by atoms with Gasteiger partial charge in [0.25, 0.3) is 0 Å². The second-order valence-corrected chi connectivity index (χ2v) is 7.26. The summed E-state index contributed by atoms with van der Waals surface area (Å²) < 4.78 is 36.6. The lowest BCUT2D eigenvalue weighted by molar-refractivity contribution is 0.451.